The van der Waals surface area contributed by atoms with Crippen LogP contribution in [0.2, 0.25) is 0 Å². The van der Waals surface area contributed by atoms with E-state index in [-0.39, 0.29) is 28.1 Å². The van der Waals surface area contributed by atoms with Crippen LogP contribution in [-0.2, 0) is 19.1 Å². The predicted molar refractivity (Wildman–Crippen MR) is 121 cm³/mol. The van der Waals surface area contributed by atoms with E-state index in [1.54, 1.807) is 12.5 Å². The van der Waals surface area contributed by atoms with E-state index >= 15 is 0 Å². The van der Waals surface area contributed by atoms with E-state index in [9.17, 15) is 14.4 Å². The first kappa shape index (κ1) is 23.3. The summed E-state index contributed by atoms with van der Waals surface area (Å²) in [6.45, 7) is 10.4. The maximum absolute atomic E-state index is 12.6. The van der Waals surface area contributed by atoms with Crippen molar-refractivity contribution in [2.45, 2.75) is 85.7 Å². The van der Waals surface area contributed by atoms with Crippen molar-refractivity contribution in [1.29, 1.82) is 0 Å². The highest BCUT2D eigenvalue weighted by atomic mass is 16.5. The number of fused-ring (bicyclic) bond motifs is 3. The Morgan fingerprint density at radius 3 is 2.41 bits per heavy atom. The van der Waals surface area contributed by atoms with Gasteiger partial charge in [0.2, 0.25) is 0 Å². The summed E-state index contributed by atoms with van der Waals surface area (Å²) in [4.78, 5) is 36.6. The fourth-order valence-corrected chi connectivity index (χ4v) is 8.56. The number of rotatable bonds is 6. The van der Waals surface area contributed by atoms with Crippen LogP contribution in [0.1, 0.15) is 91.2 Å². The van der Waals surface area contributed by atoms with Gasteiger partial charge in [0.25, 0.3) is 0 Å². The topological polar surface area (TPSA) is 73.6 Å². The Balaban J connectivity index is 1.73. The molecule has 4 unspecified atom stereocenters. The third-order valence-electron chi connectivity index (χ3n) is 10.0. The summed E-state index contributed by atoms with van der Waals surface area (Å²) in [6, 6.07) is 1.84. The van der Waals surface area contributed by atoms with Crippen molar-refractivity contribution in [3.63, 3.8) is 0 Å². The molecule has 0 bridgehead atoms. The van der Waals surface area contributed by atoms with Crippen LogP contribution >= 0.6 is 0 Å². The van der Waals surface area contributed by atoms with Crippen molar-refractivity contribution in [1.82, 2.24) is 0 Å². The lowest BCUT2D eigenvalue weighted by Crippen LogP contribution is -2.55. The average Bonchev–Trinajstić information content (AvgIpc) is 3.35. The van der Waals surface area contributed by atoms with Gasteiger partial charge in [-0.25, -0.2) is 0 Å². The molecule has 1 aromatic heterocycles. The molecule has 3 fully saturated rings. The Morgan fingerprint density at radius 1 is 1.09 bits per heavy atom. The third kappa shape index (κ3) is 3.38. The molecular weight excluding hydrogens is 404 g/mol. The maximum Gasteiger partial charge on any atom is 0.303 e. The lowest BCUT2D eigenvalue weighted by Gasteiger charge is -2.61. The summed E-state index contributed by atoms with van der Waals surface area (Å²) in [6.07, 6.45) is 11.7. The molecular formula is C27H38O5. The van der Waals surface area contributed by atoms with Crippen LogP contribution in [0.4, 0.5) is 0 Å². The van der Waals surface area contributed by atoms with Gasteiger partial charge in [-0.3, -0.25) is 4.79 Å². The first-order valence-electron chi connectivity index (χ1n) is 12.1. The van der Waals surface area contributed by atoms with Crippen molar-refractivity contribution < 1.29 is 23.5 Å². The summed E-state index contributed by atoms with van der Waals surface area (Å²) in [5.41, 5.74) is 0.0539. The molecule has 3 saturated carbocycles. The fourth-order valence-electron chi connectivity index (χ4n) is 8.56. The second kappa shape index (κ2) is 7.85. The Hall–Kier alpha value is -1.91. The number of carbonyl (C=O) groups excluding carboxylic acids is 3. The van der Waals surface area contributed by atoms with Crippen LogP contribution in [0, 0.1) is 39.4 Å². The first-order valence-corrected chi connectivity index (χ1v) is 12.1. The van der Waals surface area contributed by atoms with E-state index < -0.39 is 11.5 Å². The quantitative estimate of drug-likeness (QED) is 0.403. The zero-order valence-electron chi connectivity index (χ0n) is 20.2. The molecule has 0 amide bonds. The van der Waals surface area contributed by atoms with Gasteiger partial charge in [0.1, 0.15) is 18.7 Å². The Labute approximate surface area is 191 Å². The minimum atomic E-state index is -0.492. The highest BCUT2D eigenvalue weighted by molar-refractivity contribution is 5.66. The molecule has 0 aromatic carbocycles. The van der Waals surface area contributed by atoms with Gasteiger partial charge in [0.05, 0.1) is 12.5 Å². The second-order valence-electron chi connectivity index (χ2n) is 11.9. The van der Waals surface area contributed by atoms with Gasteiger partial charge in [0, 0.05) is 23.3 Å². The van der Waals surface area contributed by atoms with Crippen LogP contribution in [0.15, 0.2) is 23.0 Å². The van der Waals surface area contributed by atoms with Gasteiger partial charge in [-0.05, 0) is 73.2 Å². The molecule has 0 N–H and O–H groups in total. The van der Waals surface area contributed by atoms with E-state index in [1.165, 1.54) is 13.2 Å². The fraction of sp³-hybridized carbons (Fsp3) is 0.741. The highest BCUT2D eigenvalue weighted by Crippen LogP contribution is 2.73. The Bertz CT molecular complexity index is 877. The van der Waals surface area contributed by atoms with Gasteiger partial charge >= 0.3 is 5.97 Å². The lowest BCUT2D eigenvalue weighted by molar-refractivity contribution is -0.154. The normalized spacial score (nSPS) is 44.2. The van der Waals surface area contributed by atoms with E-state index in [2.05, 4.69) is 27.7 Å². The third-order valence-corrected chi connectivity index (χ3v) is 10.0. The Morgan fingerprint density at radius 2 is 1.81 bits per heavy atom. The molecule has 5 nitrogen and oxygen atoms in total. The molecule has 8 atom stereocenters. The van der Waals surface area contributed by atoms with Crippen LogP contribution in [0.25, 0.3) is 0 Å². The highest BCUT2D eigenvalue weighted by Gasteiger charge is 2.67. The molecule has 32 heavy (non-hydrogen) atoms. The number of esters is 1. The Kier molecular flexibility index (Phi) is 5.70. The number of aldehydes is 2. The van der Waals surface area contributed by atoms with Crippen molar-refractivity contribution in [2.75, 3.05) is 0 Å². The molecule has 3 aliphatic rings. The smallest absolute Gasteiger partial charge is 0.303 e. The second-order valence-corrected chi connectivity index (χ2v) is 11.9. The predicted octanol–water partition coefficient (Wildman–Crippen LogP) is 5.93. The van der Waals surface area contributed by atoms with Gasteiger partial charge in [-0.15, -0.1) is 0 Å². The largest absolute Gasteiger partial charge is 0.472 e. The van der Waals surface area contributed by atoms with Gasteiger partial charge in [-0.2, -0.15) is 0 Å². The molecule has 0 saturated heterocycles. The number of furan rings is 1. The van der Waals surface area contributed by atoms with E-state index in [4.69, 9.17) is 9.15 Å². The van der Waals surface area contributed by atoms with Crippen LogP contribution in [0.5, 0.6) is 0 Å². The van der Waals surface area contributed by atoms with Gasteiger partial charge in [-0.1, -0.05) is 34.1 Å². The van der Waals surface area contributed by atoms with Crippen LogP contribution in [0.3, 0.4) is 0 Å². The molecule has 1 heterocycles. The van der Waals surface area contributed by atoms with Crippen molar-refractivity contribution in [2.24, 2.45) is 39.4 Å². The van der Waals surface area contributed by atoms with Crippen molar-refractivity contribution in [3.05, 3.63) is 24.2 Å². The summed E-state index contributed by atoms with van der Waals surface area (Å²) in [7, 11) is 0. The monoisotopic (exact) mass is 442 g/mol. The summed E-state index contributed by atoms with van der Waals surface area (Å²) in [5.74, 6) is 0.468. The summed E-state index contributed by atoms with van der Waals surface area (Å²) < 4.78 is 11.0. The molecule has 176 valence electrons. The molecule has 0 radical (unpaired) electrons. The van der Waals surface area contributed by atoms with Crippen LogP contribution in [-0.4, -0.2) is 18.5 Å². The molecule has 1 aromatic rings. The van der Waals surface area contributed by atoms with Gasteiger partial charge < -0.3 is 18.7 Å². The van der Waals surface area contributed by atoms with Gasteiger partial charge in [0.15, 0.2) is 0 Å². The standard InChI is InChI=1S/C27H38O5/c1-18(30)32-20(19-8-12-31-15-19)13-22-25(3,17-29)14-23-26(4)10-6-9-24(2,16-28)21(26)7-11-27(22,23)5/h8,12,15-17,20-23H,6-7,9-11,13-14H2,1-5H3/t20-,21-,22?,23?,24-,25+,26?,27?/m1/s1. The number of ether oxygens (including phenoxy) is 1. The summed E-state index contributed by atoms with van der Waals surface area (Å²) >= 11 is 0. The number of hydrogen-bond acceptors (Lipinski definition) is 5. The zero-order valence-corrected chi connectivity index (χ0v) is 20.2. The van der Waals surface area contributed by atoms with Crippen molar-refractivity contribution >= 4 is 18.5 Å². The van der Waals surface area contributed by atoms with Crippen LogP contribution < -0.4 is 0 Å². The number of carbonyl (C=O) groups is 3. The SMILES string of the molecule is CC(=O)O[C@H](CC1C2(C)CC[C@H]3C(C)(CCC[C@]3(C)C=O)C2C[C@@]1(C)C=O)c1ccoc1. The molecule has 0 spiro atoms. The molecule has 4 rings (SSSR count). The average molecular weight is 443 g/mol. The molecule has 3 aliphatic carbocycles. The minimum absolute atomic E-state index is 0.0342. The summed E-state index contributed by atoms with van der Waals surface area (Å²) in [5, 5.41) is 0. The van der Waals surface area contributed by atoms with E-state index in [0.717, 1.165) is 50.4 Å². The number of hydrogen-bond donors (Lipinski definition) is 0. The zero-order chi connectivity index (χ0) is 23.4. The first-order chi connectivity index (χ1) is 15.0. The maximum atomic E-state index is 12.6. The molecule has 0 aliphatic heterocycles. The van der Waals surface area contributed by atoms with Crippen molar-refractivity contribution in [3.8, 4) is 0 Å². The van der Waals surface area contributed by atoms with E-state index in [1.807, 2.05) is 6.07 Å². The lowest BCUT2D eigenvalue weighted by atomic mass is 9.43. The molecule has 5 heteroatoms. The van der Waals surface area contributed by atoms with E-state index in [0.29, 0.717) is 18.3 Å². The minimum Gasteiger partial charge on any atom is -0.472 e.